The molecule has 0 saturated carbocycles. The molecule has 2 heterocycles. The minimum absolute atomic E-state index is 0.0120. The first-order valence-corrected chi connectivity index (χ1v) is 8.71. The summed E-state index contributed by atoms with van der Waals surface area (Å²) in [6, 6.07) is 6.51. The molecule has 1 fully saturated rings. The summed E-state index contributed by atoms with van der Waals surface area (Å²) in [5.74, 6) is -0.460. The van der Waals surface area contributed by atoms with Crippen LogP contribution in [-0.2, 0) is 11.2 Å². The van der Waals surface area contributed by atoms with Crippen molar-refractivity contribution in [3.8, 4) is 0 Å². The SMILES string of the molecule is O=C(CCc1ccccc1F)N1CCCN(C(=O)c2cnccn2)CC1. The predicted molar refractivity (Wildman–Crippen MR) is 93.9 cm³/mol. The third kappa shape index (κ3) is 4.41. The van der Waals surface area contributed by atoms with Crippen LogP contribution in [0.5, 0.6) is 0 Å². The number of carbonyl (C=O) groups excluding carboxylic acids is 2. The summed E-state index contributed by atoms with van der Waals surface area (Å²) in [7, 11) is 0. The minimum Gasteiger partial charge on any atom is -0.341 e. The molecule has 2 amide bonds. The molecule has 1 aliphatic heterocycles. The Morgan fingerprint density at radius 3 is 2.58 bits per heavy atom. The van der Waals surface area contributed by atoms with Gasteiger partial charge >= 0.3 is 0 Å². The van der Waals surface area contributed by atoms with Crippen LogP contribution in [0.3, 0.4) is 0 Å². The summed E-state index contributed by atoms with van der Waals surface area (Å²) in [6.45, 7) is 2.11. The van der Waals surface area contributed by atoms with E-state index in [1.54, 1.807) is 28.0 Å². The van der Waals surface area contributed by atoms with E-state index in [1.165, 1.54) is 24.7 Å². The Balaban J connectivity index is 1.54. The zero-order valence-electron chi connectivity index (χ0n) is 14.5. The highest BCUT2D eigenvalue weighted by Gasteiger charge is 2.23. The second-order valence-corrected chi connectivity index (χ2v) is 6.21. The third-order valence-electron chi connectivity index (χ3n) is 4.48. The Morgan fingerprint density at radius 1 is 1.04 bits per heavy atom. The zero-order chi connectivity index (χ0) is 18.4. The normalized spacial score (nSPS) is 14.8. The van der Waals surface area contributed by atoms with Crippen molar-refractivity contribution in [3.05, 3.63) is 59.9 Å². The fourth-order valence-electron chi connectivity index (χ4n) is 3.04. The standard InChI is InChI=1S/C19H21FN4O2/c20-16-5-2-1-4-15(16)6-7-18(25)23-10-3-11-24(13-12-23)19(26)17-14-21-8-9-22-17/h1-2,4-5,8-9,14H,3,6-7,10-13H2. The molecule has 1 aliphatic rings. The van der Waals surface area contributed by atoms with Gasteiger partial charge in [0.25, 0.3) is 5.91 Å². The second kappa shape index (κ2) is 8.51. The van der Waals surface area contributed by atoms with Crippen molar-refractivity contribution in [1.29, 1.82) is 0 Å². The molecule has 0 radical (unpaired) electrons. The number of hydrogen-bond acceptors (Lipinski definition) is 4. The lowest BCUT2D eigenvalue weighted by atomic mass is 10.1. The second-order valence-electron chi connectivity index (χ2n) is 6.21. The first kappa shape index (κ1) is 18.0. The minimum atomic E-state index is -0.281. The van der Waals surface area contributed by atoms with E-state index in [0.717, 1.165) is 0 Å². The Morgan fingerprint density at radius 2 is 1.81 bits per heavy atom. The Labute approximate surface area is 151 Å². The van der Waals surface area contributed by atoms with Gasteiger partial charge in [-0.3, -0.25) is 14.6 Å². The van der Waals surface area contributed by atoms with Crippen molar-refractivity contribution >= 4 is 11.8 Å². The van der Waals surface area contributed by atoms with Crippen molar-refractivity contribution in [2.24, 2.45) is 0 Å². The number of aryl methyl sites for hydroxylation is 1. The summed E-state index contributed by atoms with van der Waals surface area (Å²) in [6.07, 6.45) is 5.81. The Hall–Kier alpha value is -2.83. The molecule has 136 valence electrons. The van der Waals surface area contributed by atoms with Crippen LogP contribution in [0.4, 0.5) is 4.39 Å². The van der Waals surface area contributed by atoms with E-state index in [4.69, 9.17) is 0 Å². The van der Waals surface area contributed by atoms with Gasteiger partial charge in [-0.25, -0.2) is 9.37 Å². The van der Waals surface area contributed by atoms with E-state index in [-0.39, 0.29) is 24.1 Å². The first-order valence-electron chi connectivity index (χ1n) is 8.71. The van der Waals surface area contributed by atoms with Crippen LogP contribution in [-0.4, -0.2) is 57.8 Å². The fourth-order valence-corrected chi connectivity index (χ4v) is 3.04. The van der Waals surface area contributed by atoms with E-state index >= 15 is 0 Å². The van der Waals surface area contributed by atoms with Gasteiger partial charge in [-0.05, 0) is 24.5 Å². The van der Waals surface area contributed by atoms with E-state index in [2.05, 4.69) is 9.97 Å². The predicted octanol–water partition coefficient (Wildman–Crippen LogP) is 1.92. The highest BCUT2D eigenvalue weighted by atomic mass is 19.1. The molecular formula is C19H21FN4O2. The average molecular weight is 356 g/mol. The fraction of sp³-hybridized carbons (Fsp3) is 0.368. The van der Waals surface area contributed by atoms with E-state index in [1.807, 2.05) is 0 Å². The summed E-state index contributed by atoms with van der Waals surface area (Å²) < 4.78 is 13.7. The Kier molecular flexibility index (Phi) is 5.88. The number of benzene rings is 1. The molecule has 7 heteroatoms. The molecular weight excluding hydrogens is 335 g/mol. The van der Waals surface area contributed by atoms with Gasteiger partial charge in [0.15, 0.2) is 0 Å². The smallest absolute Gasteiger partial charge is 0.274 e. The quantitative estimate of drug-likeness (QED) is 0.840. The largest absolute Gasteiger partial charge is 0.341 e. The maximum absolute atomic E-state index is 13.7. The molecule has 6 nitrogen and oxygen atoms in total. The lowest BCUT2D eigenvalue weighted by Crippen LogP contribution is -2.37. The topological polar surface area (TPSA) is 66.4 Å². The van der Waals surface area contributed by atoms with Crippen molar-refractivity contribution in [2.45, 2.75) is 19.3 Å². The molecule has 0 bridgehead atoms. The number of aromatic nitrogens is 2. The van der Waals surface area contributed by atoms with Gasteiger partial charge in [-0.1, -0.05) is 18.2 Å². The van der Waals surface area contributed by atoms with Crippen LogP contribution in [0, 0.1) is 5.82 Å². The van der Waals surface area contributed by atoms with Crippen molar-refractivity contribution in [2.75, 3.05) is 26.2 Å². The molecule has 26 heavy (non-hydrogen) atoms. The van der Waals surface area contributed by atoms with Crippen molar-refractivity contribution in [1.82, 2.24) is 19.8 Å². The van der Waals surface area contributed by atoms with Gasteiger partial charge in [0.05, 0.1) is 6.20 Å². The molecule has 3 rings (SSSR count). The first-order chi connectivity index (χ1) is 12.6. The molecule has 2 aromatic rings. The molecule has 1 aromatic heterocycles. The highest BCUT2D eigenvalue weighted by Crippen LogP contribution is 2.12. The van der Waals surface area contributed by atoms with E-state index in [0.29, 0.717) is 50.3 Å². The van der Waals surface area contributed by atoms with E-state index < -0.39 is 0 Å². The van der Waals surface area contributed by atoms with Gasteiger partial charge in [-0.15, -0.1) is 0 Å². The summed E-state index contributed by atoms with van der Waals surface area (Å²) >= 11 is 0. The molecule has 1 saturated heterocycles. The van der Waals surface area contributed by atoms with E-state index in [9.17, 15) is 14.0 Å². The van der Waals surface area contributed by atoms with Crippen molar-refractivity contribution < 1.29 is 14.0 Å². The monoisotopic (exact) mass is 356 g/mol. The molecule has 1 aromatic carbocycles. The molecule has 0 aliphatic carbocycles. The van der Waals surface area contributed by atoms with Crippen LogP contribution in [0.1, 0.15) is 28.9 Å². The van der Waals surface area contributed by atoms with Gasteiger partial charge < -0.3 is 9.80 Å². The number of amides is 2. The van der Waals surface area contributed by atoms with Gasteiger partial charge in [0.1, 0.15) is 11.5 Å². The lowest BCUT2D eigenvalue weighted by Gasteiger charge is -2.22. The van der Waals surface area contributed by atoms with Crippen LogP contribution < -0.4 is 0 Å². The molecule has 0 N–H and O–H groups in total. The summed E-state index contributed by atoms with van der Waals surface area (Å²) in [5.41, 5.74) is 0.863. The van der Waals surface area contributed by atoms with Crippen LogP contribution >= 0.6 is 0 Å². The van der Waals surface area contributed by atoms with Gasteiger partial charge in [0.2, 0.25) is 5.91 Å². The molecule has 0 spiro atoms. The Bertz CT molecular complexity index is 769. The number of carbonyl (C=O) groups is 2. The average Bonchev–Trinajstić information content (AvgIpc) is 2.93. The molecule has 0 atom stereocenters. The highest BCUT2D eigenvalue weighted by molar-refractivity contribution is 5.92. The zero-order valence-corrected chi connectivity index (χ0v) is 14.5. The maximum atomic E-state index is 13.7. The number of hydrogen-bond donors (Lipinski definition) is 0. The summed E-state index contributed by atoms with van der Waals surface area (Å²) in [4.78, 5) is 36.3. The summed E-state index contributed by atoms with van der Waals surface area (Å²) in [5, 5.41) is 0. The molecule has 0 unspecified atom stereocenters. The number of rotatable bonds is 4. The van der Waals surface area contributed by atoms with Crippen LogP contribution in [0.15, 0.2) is 42.9 Å². The third-order valence-corrected chi connectivity index (χ3v) is 4.48. The van der Waals surface area contributed by atoms with Crippen LogP contribution in [0.2, 0.25) is 0 Å². The van der Waals surface area contributed by atoms with Crippen LogP contribution in [0.25, 0.3) is 0 Å². The lowest BCUT2D eigenvalue weighted by molar-refractivity contribution is -0.131. The number of halogens is 1. The van der Waals surface area contributed by atoms with Crippen molar-refractivity contribution in [3.63, 3.8) is 0 Å². The number of nitrogens with zero attached hydrogens (tertiary/aromatic N) is 4. The van der Waals surface area contributed by atoms with Gasteiger partial charge in [0, 0.05) is 45.0 Å². The maximum Gasteiger partial charge on any atom is 0.274 e. The van der Waals surface area contributed by atoms with Gasteiger partial charge in [-0.2, -0.15) is 0 Å².